The molecule has 0 saturated carbocycles. The maximum Gasteiger partial charge on any atom is 0.266 e. The van der Waals surface area contributed by atoms with Crippen LogP contribution < -0.4 is 14.4 Å². The predicted octanol–water partition coefficient (Wildman–Crippen LogP) is 4.23. The minimum Gasteiger partial charge on any atom is -0.497 e. The molecule has 3 rings (SSSR count). The topological polar surface area (TPSA) is 88.6 Å². The number of halogens is 2. The molecule has 0 bridgehead atoms. The molecule has 1 aromatic heterocycles. The average molecular weight is 466 g/mol. The third-order valence-corrected chi connectivity index (χ3v) is 6.67. The molecule has 7 nitrogen and oxygen atoms in total. The van der Waals surface area contributed by atoms with Crippen LogP contribution in [0, 0.1) is 0 Å². The van der Waals surface area contributed by atoms with Crippen molar-refractivity contribution in [1.29, 1.82) is 0 Å². The van der Waals surface area contributed by atoms with Gasteiger partial charge in [0.15, 0.2) is 0 Å². The van der Waals surface area contributed by atoms with Gasteiger partial charge in [0.2, 0.25) is 5.91 Å². The van der Waals surface area contributed by atoms with Gasteiger partial charge in [0.05, 0.1) is 28.5 Å². The molecule has 0 atom stereocenters. The molecule has 1 amide bonds. The summed E-state index contributed by atoms with van der Waals surface area (Å²) in [5.41, 5.74) is 0.564. The standard InChI is InChI=1S/C20H17Cl2N3O4S/c1-29-15-9-7-14(8-10-15)25(30(27,28)16-4-3-11-23-12-16)13-19(26)24-18-6-2-5-17(21)20(18)22/h2-12H,13H2,1H3,(H,24,26). The lowest BCUT2D eigenvalue weighted by Crippen LogP contribution is -2.38. The van der Waals surface area contributed by atoms with Crippen LogP contribution >= 0.6 is 23.2 Å². The molecule has 0 aliphatic carbocycles. The average Bonchev–Trinajstić information content (AvgIpc) is 2.76. The van der Waals surface area contributed by atoms with Gasteiger partial charge in [-0.25, -0.2) is 8.42 Å². The monoisotopic (exact) mass is 465 g/mol. The lowest BCUT2D eigenvalue weighted by atomic mass is 10.3. The summed E-state index contributed by atoms with van der Waals surface area (Å²) >= 11 is 12.1. The second-order valence-corrected chi connectivity index (χ2v) is 8.70. The van der Waals surface area contributed by atoms with E-state index in [-0.39, 0.29) is 26.3 Å². The van der Waals surface area contributed by atoms with Gasteiger partial charge < -0.3 is 10.1 Å². The molecule has 10 heteroatoms. The number of sulfonamides is 1. The molecule has 0 aliphatic rings. The molecule has 3 aromatic rings. The quantitative estimate of drug-likeness (QED) is 0.563. The van der Waals surface area contributed by atoms with Gasteiger partial charge in [-0.05, 0) is 48.5 Å². The van der Waals surface area contributed by atoms with Gasteiger partial charge in [-0.1, -0.05) is 29.3 Å². The number of anilines is 2. The number of amides is 1. The van der Waals surface area contributed by atoms with Crippen molar-refractivity contribution >= 4 is 50.5 Å². The summed E-state index contributed by atoms with van der Waals surface area (Å²) in [6.07, 6.45) is 2.68. The second kappa shape index (κ2) is 9.34. The smallest absolute Gasteiger partial charge is 0.266 e. The van der Waals surface area contributed by atoms with E-state index < -0.39 is 22.5 Å². The Morgan fingerprint density at radius 1 is 1.10 bits per heavy atom. The summed E-state index contributed by atoms with van der Waals surface area (Å²) in [5, 5.41) is 3.03. The fourth-order valence-corrected chi connectivity index (χ4v) is 4.34. The van der Waals surface area contributed by atoms with E-state index >= 15 is 0 Å². The Bertz CT molecular complexity index is 1140. The number of rotatable bonds is 7. The minimum absolute atomic E-state index is 0.0468. The predicted molar refractivity (Wildman–Crippen MR) is 117 cm³/mol. The second-order valence-electron chi connectivity index (χ2n) is 6.05. The van der Waals surface area contributed by atoms with E-state index in [0.717, 1.165) is 4.31 Å². The molecule has 0 unspecified atom stereocenters. The number of nitrogens with one attached hydrogen (secondary N) is 1. The Hall–Kier alpha value is -2.81. The highest BCUT2D eigenvalue weighted by Crippen LogP contribution is 2.30. The molecule has 2 aromatic carbocycles. The first-order valence-corrected chi connectivity index (χ1v) is 10.8. The van der Waals surface area contributed by atoms with Crippen molar-refractivity contribution in [2.45, 2.75) is 4.90 Å². The van der Waals surface area contributed by atoms with Gasteiger partial charge in [0.1, 0.15) is 17.2 Å². The Morgan fingerprint density at radius 2 is 1.83 bits per heavy atom. The maximum absolute atomic E-state index is 13.2. The zero-order chi connectivity index (χ0) is 21.7. The van der Waals surface area contributed by atoms with E-state index in [1.54, 1.807) is 42.5 Å². The van der Waals surface area contributed by atoms with Crippen molar-refractivity contribution < 1.29 is 17.9 Å². The number of methoxy groups -OCH3 is 1. The van der Waals surface area contributed by atoms with Crippen LogP contribution in [0.15, 0.2) is 71.9 Å². The normalized spacial score (nSPS) is 11.0. The zero-order valence-corrected chi connectivity index (χ0v) is 18.1. The highest BCUT2D eigenvalue weighted by atomic mass is 35.5. The number of pyridine rings is 1. The zero-order valence-electron chi connectivity index (χ0n) is 15.7. The molecule has 0 aliphatic heterocycles. The van der Waals surface area contributed by atoms with Crippen LogP contribution in [0.3, 0.4) is 0 Å². The van der Waals surface area contributed by atoms with Crippen LogP contribution in [0.1, 0.15) is 0 Å². The van der Waals surface area contributed by atoms with Gasteiger partial charge in [-0.15, -0.1) is 0 Å². The van der Waals surface area contributed by atoms with Crippen LogP contribution in [-0.4, -0.2) is 33.0 Å². The lowest BCUT2D eigenvalue weighted by Gasteiger charge is -2.24. The Labute approximate surface area is 184 Å². The van der Waals surface area contributed by atoms with E-state index in [9.17, 15) is 13.2 Å². The number of hydrogen-bond acceptors (Lipinski definition) is 5. The minimum atomic E-state index is -4.07. The van der Waals surface area contributed by atoms with E-state index in [1.165, 1.54) is 31.6 Å². The third kappa shape index (κ3) is 4.84. The molecular weight excluding hydrogens is 449 g/mol. The molecule has 0 radical (unpaired) electrons. The summed E-state index contributed by atoms with van der Waals surface area (Å²) < 4.78 is 32.6. The first-order valence-electron chi connectivity index (χ1n) is 8.63. The highest BCUT2D eigenvalue weighted by Gasteiger charge is 2.27. The fraction of sp³-hybridized carbons (Fsp3) is 0.100. The van der Waals surface area contributed by atoms with E-state index in [4.69, 9.17) is 27.9 Å². The number of aromatic nitrogens is 1. The summed E-state index contributed by atoms with van der Waals surface area (Å²) in [7, 11) is -2.57. The van der Waals surface area contributed by atoms with Crippen molar-refractivity contribution in [3.8, 4) is 5.75 Å². The van der Waals surface area contributed by atoms with E-state index in [2.05, 4.69) is 10.3 Å². The van der Waals surface area contributed by atoms with E-state index in [0.29, 0.717) is 5.75 Å². The van der Waals surface area contributed by atoms with Crippen molar-refractivity contribution in [3.05, 3.63) is 77.0 Å². The summed E-state index contributed by atoms with van der Waals surface area (Å²) in [4.78, 5) is 16.5. The number of nitrogens with zero attached hydrogens (tertiary/aromatic N) is 2. The molecule has 1 heterocycles. The number of benzene rings is 2. The molecule has 1 N–H and O–H groups in total. The largest absolute Gasteiger partial charge is 0.497 e. The summed E-state index contributed by atoms with van der Waals surface area (Å²) in [5.74, 6) is -0.0462. The highest BCUT2D eigenvalue weighted by molar-refractivity contribution is 7.92. The molecule has 156 valence electrons. The first kappa shape index (κ1) is 21.9. The molecule has 0 fully saturated rings. The van der Waals surface area contributed by atoms with Gasteiger partial charge in [0.25, 0.3) is 10.0 Å². The maximum atomic E-state index is 13.2. The Kier molecular flexibility index (Phi) is 6.81. The number of ether oxygens (including phenoxy) is 1. The van der Waals surface area contributed by atoms with E-state index in [1.807, 2.05) is 0 Å². The third-order valence-electron chi connectivity index (χ3n) is 4.10. The van der Waals surface area contributed by atoms with Crippen LogP contribution in [0.2, 0.25) is 10.0 Å². The number of carbonyl (C=O) groups excluding carboxylic acids is 1. The van der Waals surface area contributed by atoms with Crippen molar-refractivity contribution in [2.24, 2.45) is 0 Å². The molecule has 0 spiro atoms. The summed E-state index contributed by atoms with van der Waals surface area (Å²) in [6, 6.07) is 14.0. The van der Waals surface area contributed by atoms with Crippen molar-refractivity contribution in [3.63, 3.8) is 0 Å². The lowest BCUT2D eigenvalue weighted by molar-refractivity contribution is -0.114. The first-order chi connectivity index (χ1) is 14.3. The number of carbonyl (C=O) groups is 1. The van der Waals surface area contributed by atoms with Crippen molar-refractivity contribution in [1.82, 2.24) is 4.98 Å². The molecule has 30 heavy (non-hydrogen) atoms. The Balaban J connectivity index is 1.94. The van der Waals surface area contributed by atoms with Gasteiger partial charge in [0, 0.05) is 12.4 Å². The van der Waals surface area contributed by atoms with Gasteiger partial charge in [-0.3, -0.25) is 14.1 Å². The van der Waals surface area contributed by atoms with Crippen LogP contribution in [-0.2, 0) is 14.8 Å². The molecular formula is C20H17Cl2N3O4S. The van der Waals surface area contributed by atoms with Gasteiger partial charge in [-0.2, -0.15) is 0 Å². The SMILES string of the molecule is COc1ccc(N(CC(=O)Nc2cccc(Cl)c2Cl)S(=O)(=O)c2cccnc2)cc1. The van der Waals surface area contributed by atoms with Gasteiger partial charge >= 0.3 is 0 Å². The van der Waals surface area contributed by atoms with Crippen LogP contribution in [0.5, 0.6) is 5.75 Å². The molecule has 0 saturated heterocycles. The Morgan fingerprint density at radius 3 is 2.47 bits per heavy atom. The van der Waals surface area contributed by atoms with Crippen molar-refractivity contribution in [2.75, 3.05) is 23.3 Å². The summed E-state index contributed by atoms with van der Waals surface area (Å²) in [6.45, 7) is -0.494. The number of hydrogen-bond donors (Lipinski definition) is 1. The van der Waals surface area contributed by atoms with Crippen LogP contribution in [0.25, 0.3) is 0 Å². The van der Waals surface area contributed by atoms with Crippen LogP contribution in [0.4, 0.5) is 11.4 Å². The fourth-order valence-electron chi connectivity index (χ4n) is 2.61.